The van der Waals surface area contributed by atoms with E-state index in [1.54, 1.807) is 0 Å². The van der Waals surface area contributed by atoms with E-state index in [1.165, 1.54) is 52.1 Å². The molecule has 0 saturated heterocycles. The molecule has 24 heavy (non-hydrogen) atoms. The predicted molar refractivity (Wildman–Crippen MR) is 91.5 cm³/mol. The third-order valence-electron chi connectivity index (χ3n) is 4.56. The average Bonchev–Trinajstić information content (AvgIpc) is 3.17. The van der Waals surface area contributed by atoms with E-state index in [-0.39, 0.29) is 24.8 Å². The van der Waals surface area contributed by atoms with Gasteiger partial charge in [-0.05, 0) is 23.5 Å². The van der Waals surface area contributed by atoms with Gasteiger partial charge in [-0.2, -0.15) is 5.56 Å². The van der Waals surface area contributed by atoms with Gasteiger partial charge in [0.15, 0.2) is 0 Å². The Bertz CT molecular complexity index is 749. The largest absolute Gasteiger partial charge is 1.00 e. The van der Waals surface area contributed by atoms with Gasteiger partial charge in [0.1, 0.15) is 0 Å². The van der Waals surface area contributed by atoms with Crippen LogP contribution in [0.2, 0.25) is 0 Å². The van der Waals surface area contributed by atoms with Gasteiger partial charge in [-0.15, -0.1) is 11.6 Å². The molecular weight excluding hydrogens is 414 g/mol. The molecule has 2 atom stereocenters. The van der Waals surface area contributed by atoms with E-state index in [0.29, 0.717) is 11.8 Å². The summed E-state index contributed by atoms with van der Waals surface area (Å²) < 4.78 is 3.34. The Morgan fingerprint density at radius 1 is 0.917 bits per heavy atom. The summed E-state index contributed by atoms with van der Waals surface area (Å²) >= 11 is 1.30. The number of rotatable bonds is 2. The summed E-state index contributed by atoms with van der Waals surface area (Å²) in [4.78, 5) is 0. The molecule has 0 radical (unpaired) electrons. The topological polar surface area (TPSA) is 0 Å². The van der Waals surface area contributed by atoms with Gasteiger partial charge < -0.3 is 24.8 Å². The first-order valence-electron chi connectivity index (χ1n) is 7.71. The normalized spacial score (nSPS) is 19.0. The van der Waals surface area contributed by atoms with Crippen LogP contribution in [0.15, 0.2) is 54.1 Å². The number of benzene rings is 2. The molecule has 2 aliphatic carbocycles. The van der Waals surface area contributed by atoms with Crippen LogP contribution < -0.4 is 24.8 Å². The van der Waals surface area contributed by atoms with Crippen LogP contribution in [0.5, 0.6) is 0 Å². The molecule has 0 saturated carbocycles. The van der Waals surface area contributed by atoms with Crippen molar-refractivity contribution >= 4 is 16.4 Å². The number of halogens is 2. The van der Waals surface area contributed by atoms with Gasteiger partial charge in [-0.25, -0.2) is 6.08 Å². The third-order valence-corrected chi connectivity index (χ3v) is 4.56. The van der Waals surface area contributed by atoms with Crippen LogP contribution >= 0.6 is 0 Å². The van der Waals surface area contributed by atoms with E-state index in [4.69, 9.17) is 0 Å². The van der Waals surface area contributed by atoms with Crippen molar-refractivity contribution < 1.29 is 49.0 Å². The van der Waals surface area contributed by atoms with Crippen molar-refractivity contribution in [2.45, 2.75) is 25.2 Å². The SMILES string of the molecule is CCC1=Cc2ccccc2C1C1[C-]=Cc2ccccc21.[CH2]=[Zr+2].[Cl-].[Cl-]. The molecule has 0 fully saturated rings. The standard InChI is InChI=1S/C20H17.CH2.2ClH.Zr/c1-2-14-13-16-8-4-6-10-18(16)20(14)19-12-11-15-7-3-5-9-17(15)19;;;;/h3-11,13,19-20H,2H2,1H3;1H2;2*1H;/q-1;;;;+2/p-2. The molecule has 0 N–H and O–H groups in total. The second-order valence-corrected chi connectivity index (χ2v) is 5.60. The Balaban J connectivity index is 0.000000695. The molecule has 0 spiro atoms. The summed E-state index contributed by atoms with van der Waals surface area (Å²) in [6.45, 7) is 2.26. The summed E-state index contributed by atoms with van der Waals surface area (Å²) in [6.07, 6.45) is 9.25. The average molecular weight is 434 g/mol. The zero-order chi connectivity index (χ0) is 15.5. The molecule has 2 aromatic carbocycles. The maximum atomic E-state index is 3.60. The first-order valence-corrected chi connectivity index (χ1v) is 9.45. The fraction of sp³-hybridized carbons (Fsp3) is 0.190. The van der Waals surface area contributed by atoms with Gasteiger partial charge in [0.25, 0.3) is 0 Å². The Kier molecular flexibility index (Phi) is 8.57. The Morgan fingerprint density at radius 2 is 1.50 bits per heavy atom. The van der Waals surface area contributed by atoms with Crippen molar-refractivity contribution in [1.29, 1.82) is 0 Å². The molecule has 2 aromatic rings. The van der Waals surface area contributed by atoms with E-state index >= 15 is 0 Å². The Labute approximate surface area is 172 Å². The Morgan fingerprint density at radius 3 is 2.17 bits per heavy atom. The molecule has 2 aliphatic rings. The van der Waals surface area contributed by atoms with Crippen LogP contribution in [-0.4, -0.2) is 4.21 Å². The van der Waals surface area contributed by atoms with E-state index < -0.39 is 0 Å². The number of hydrogen-bond acceptors (Lipinski definition) is 0. The van der Waals surface area contributed by atoms with Crippen molar-refractivity contribution in [3.63, 3.8) is 0 Å². The van der Waals surface area contributed by atoms with Gasteiger partial charge in [-0.1, -0.05) is 67.0 Å². The van der Waals surface area contributed by atoms with Crippen LogP contribution in [0.25, 0.3) is 12.2 Å². The van der Waals surface area contributed by atoms with Crippen molar-refractivity contribution in [3.05, 3.63) is 82.4 Å². The molecule has 0 nitrogen and oxygen atoms in total. The number of hydrogen-bond donors (Lipinski definition) is 0. The Hall–Kier alpha value is -0.747. The molecule has 2 unspecified atom stereocenters. The van der Waals surface area contributed by atoms with E-state index in [2.05, 4.69) is 77.9 Å². The van der Waals surface area contributed by atoms with Crippen LogP contribution in [-0.2, 0) is 24.2 Å². The smallest absolute Gasteiger partial charge is 1.00 e. The number of allylic oxidation sites excluding steroid dienone is 2. The van der Waals surface area contributed by atoms with Crippen molar-refractivity contribution in [2.75, 3.05) is 0 Å². The van der Waals surface area contributed by atoms with Crippen LogP contribution in [0.3, 0.4) is 0 Å². The molecule has 3 heteroatoms. The van der Waals surface area contributed by atoms with Crippen molar-refractivity contribution in [2.24, 2.45) is 0 Å². The molecule has 0 amide bonds. The van der Waals surface area contributed by atoms with Gasteiger partial charge in [0.2, 0.25) is 0 Å². The van der Waals surface area contributed by atoms with E-state index in [9.17, 15) is 0 Å². The van der Waals surface area contributed by atoms with Crippen molar-refractivity contribution in [1.82, 2.24) is 0 Å². The molecule has 0 heterocycles. The summed E-state index contributed by atoms with van der Waals surface area (Å²) in [7, 11) is 0. The van der Waals surface area contributed by atoms with Gasteiger partial charge >= 0.3 is 28.4 Å². The number of fused-ring (bicyclic) bond motifs is 2. The molecule has 0 aromatic heterocycles. The maximum absolute atomic E-state index is 3.60. The molecule has 0 bridgehead atoms. The molecule has 4 rings (SSSR count). The minimum Gasteiger partial charge on any atom is -1.00 e. The van der Waals surface area contributed by atoms with Crippen LogP contribution in [0.4, 0.5) is 0 Å². The van der Waals surface area contributed by atoms with Crippen LogP contribution in [0, 0.1) is 6.08 Å². The first-order chi connectivity index (χ1) is 10.9. The second-order valence-electron chi connectivity index (χ2n) is 5.60. The quantitative estimate of drug-likeness (QED) is 0.543. The third kappa shape index (κ3) is 3.74. The fourth-order valence-corrected chi connectivity index (χ4v) is 3.60. The van der Waals surface area contributed by atoms with Gasteiger partial charge in [0, 0.05) is 0 Å². The molecule has 0 aliphatic heterocycles. The van der Waals surface area contributed by atoms with Crippen molar-refractivity contribution in [3.8, 4) is 0 Å². The predicted octanol–water partition coefficient (Wildman–Crippen LogP) is -0.836. The fourth-order valence-electron chi connectivity index (χ4n) is 3.60. The zero-order valence-corrected chi connectivity index (χ0v) is 17.6. The molecular formula is C21H19Cl2Zr-. The molecule has 122 valence electrons. The monoisotopic (exact) mass is 431 g/mol. The zero-order valence-electron chi connectivity index (χ0n) is 13.6. The summed E-state index contributed by atoms with van der Waals surface area (Å²) in [5, 5.41) is 0. The summed E-state index contributed by atoms with van der Waals surface area (Å²) in [5.74, 6) is 0.845. The maximum Gasteiger partial charge on any atom is -1.00 e. The minimum atomic E-state index is 0. The van der Waals surface area contributed by atoms with Gasteiger partial charge in [-0.3, -0.25) is 6.08 Å². The van der Waals surface area contributed by atoms with E-state index in [0.717, 1.165) is 6.42 Å². The minimum absolute atomic E-state index is 0. The second kappa shape index (κ2) is 9.66. The van der Waals surface area contributed by atoms with Gasteiger partial charge in [0.05, 0.1) is 0 Å². The van der Waals surface area contributed by atoms with E-state index in [1.807, 2.05) is 0 Å². The summed E-state index contributed by atoms with van der Waals surface area (Å²) in [5.41, 5.74) is 7.15. The first kappa shape index (κ1) is 21.3. The summed E-state index contributed by atoms with van der Waals surface area (Å²) in [6, 6.07) is 17.5. The van der Waals surface area contributed by atoms with Crippen LogP contribution in [0.1, 0.15) is 47.4 Å².